The van der Waals surface area contributed by atoms with Gasteiger partial charge in [0.1, 0.15) is 17.3 Å². The molecule has 0 aromatic carbocycles. The second-order valence-electron chi connectivity index (χ2n) is 11.0. The summed E-state index contributed by atoms with van der Waals surface area (Å²) in [5, 5.41) is 10.9. The normalized spacial score (nSPS) is 29.3. The van der Waals surface area contributed by atoms with Crippen molar-refractivity contribution in [1.29, 1.82) is 0 Å². The first kappa shape index (κ1) is 23.3. The Morgan fingerprint density at radius 2 is 2.03 bits per heavy atom. The number of piperidine rings is 1. The van der Waals surface area contributed by atoms with E-state index in [1.165, 1.54) is 24.6 Å². The smallest absolute Gasteiger partial charge is 0.175 e. The summed E-state index contributed by atoms with van der Waals surface area (Å²) in [5.41, 5.74) is 7.50. The number of rotatable bonds is 4. The fourth-order valence-corrected chi connectivity index (χ4v) is 7.59. The maximum Gasteiger partial charge on any atom is 0.175 e. The van der Waals surface area contributed by atoms with E-state index in [-0.39, 0.29) is 12.0 Å². The van der Waals surface area contributed by atoms with Gasteiger partial charge in [-0.25, -0.2) is 15.0 Å². The first-order chi connectivity index (χ1) is 17.0. The van der Waals surface area contributed by atoms with Crippen LogP contribution in [-0.4, -0.2) is 58.4 Å². The Labute approximate surface area is 211 Å². The van der Waals surface area contributed by atoms with Gasteiger partial charge in [-0.3, -0.25) is 0 Å². The van der Waals surface area contributed by atoms with Gasteiger partial charge < -0.3 is 25.4 Å². The van der Waals surface area contributed by atoms with E-state index in [0.29, 0.717) is 36.2 Å². The number of nitrogens with two attached hydrogens (primary N) is 1. The van der Waals surface area contributed by atoms with Gasteiger partial charge in [0.2, 0.25) is 0 Å². The van der Waals surface area contributed by atoms with Gasteiger partial charge in [0.05, 0.1) is 23.7 Å². The predicted molar refractivity (Wildman–Crippen MR) is 137 cm³/mol. The summed E-state index contributed by atoms with van der Waals surface area (Å²) in [7, 11) is 0. The van der Waals surface area contributed by atoms with Gasteiger partial charge >= 0.3 is 0 Å². The molecule has 2 saturated heterocycles. The molecule has 1 unspecified atom stereocenters. The maximum absolute atomic E-state index is 10.1. The maximum atomic E-state index is 10.1. The number of hydrogen-bond donors (Lipinski definition) is 2. The third-order valence-electron chi connectivity index (χ3n) is 8.81. The first-order valence-corrected chi connectivity index (χ1v) is 13.8. The minimum Gasteiger partial charge on any atom is -0.486 e. The summed E-state index contributed by atoms with van der Waals surface area (Å²) >= 11 is 1.53. The summed E-state index contributed by atoms with van der Waals surface area (Å²) in [5.74, 6) is 3.82. The highest BCUT2D eigenvalue weighted by molar-refractivity contribution is 7.99. The van der Waals surface area contributed by atoms with Crippen LogP contribution in [0.2, 0.25) is 0 Å². The van der Waals surface area contributed by atoms with Crippen LogP contribution in [0.5, 0.6) is 5.75 Å². The van der Waals surface area contributed by atoms with Gasteiger partial charge in [-0.15, -0.1) is 0 Å². The fraction of sp³-hybridized carbons (Fsp3) is 0.654. The van der Waals surface area contributed by atoms with Gasteiger partial charge in [-0.2, -0.15) is 0 Å². The van der Waals surface area contributed by atoms with E-state index in [1.54, 1.807) is 0 Å². The zero-order valence-electron chi connectivity index (χ0n) is 20.7. The van der Waals surface area contributed by atoms with Crippen molar-refractivity contribution in [2.24, 2.45) is 23.0 Å². The molecule has 9 heteroatoms. The van der Waals surface area contributed by atoms with Gasteiger partial charge in [-0.05, 0) is 55.4 Å². The molecule has 0 radical (unpaired) electrons. The highest BCUT2D eigenvalue weighted by Gasteiger charge is 2.46. The molecule has 2 aromatic heterocycles. The molecule has 2 aromatic rings. The Hall–Kier alpha value is -2.10. The third-order valence-corrected chi connectivity index (χ3v) is 9.75. The van der Waals surface area contributed by atoms with Crippen LogP contribution in [0, 0.1) is 17.3 Å². The molecule has 188 valence electrons. The number of anilines is 2. The van der Waals surface area contributed by atoms with Crippen molar-refractivity contribution in [3.63, 3.8) is 0 Å². The van der Waals surface area contributed by atoms with Crippen molar-refractivity contribution in [2.45, 2.75) is 74.6 Å². The molecule has 1 saturated carbocycles. The van der Waals surface area contributed by atoms with E-state index >= 15 is 0 Å². The second kappa shape index (κ2) is 9.09. The lowest BCUT2D eigenvalue weighted by atomic mass is 9.73. The molecule has 4 atom stereocenters. The minimum atomic E-state index is -0.132. The van der Waals surface area contributed by atoms with Crippen molar-refractivity contribution in [1.82, 2.24) is 15.0 Å². The zero-order chi connectivity index (χ0) is 24.2. The van der Waals surface area contributed by atoms with Crippen molar-refractivity contribution >= 4 is 23.4 Å². The molecule has 8 nitrogen and oxygen atoms in total. The van der Waals surface area contributed by atoms with E-state index in [0.717, 1.165) is 66.2 Å². The number of aromatic nitrogens is 3. The Morgan fingerprint density at radius 3 is 2.77 bits per heavy atom. The number of ether oxygens (including phenoxy) is 1. The molecule has 0 amide bonds. The molecule has 5 heterocycles. The summed E-state index contributed by atoms with van der Waals surface area (Å²) in [6.45, 7) is 7.98. The number of hydrogen-bond acceptors (Lipinski definition) is 9. The zero-order valence-corrected chi connectivity index (χ0v) is 21.5. The Balaban J connectivity index is 1.19. The van der Waals surface area contributed by atoms with Crippen LogP contribution < -0.4 is 20.3 Å². The fourth-order valence-electron chi connectivity index (χ4n) is 6.74. The van der Waals surface area contributed by atoms with E-state index < -0.39 is 0 Å². The lowest BCUT2D eigenvalue weighted by Gasteiger charge is -2.43. The van der Waals surface area contributed by atoms with Crippen molar-refractivity contribution in [2.75, 3.05) is 36.0 Å². The number of nitrogens with zero attached hydrogens (tertiary/aromatic N) is 5. The van der Waals surface area contributed by atoms with Gasteiger partial charge in [0.15, 0.2) is 17.4 Å². The van der Waals surface area contributed by atoms with Gasteiger partial charge in [0.25, 0.3) is 0 Å². The van der Waals surface area contributed by atoms with Crippen molar-refractivity contribution in [3.05, 3.63) is 24.2 Å². The third kappa shape index (κ3) is 4.05. The Bertz CT molecular complexity index is 1090. The van der Waals surface area contributed by atoms with E-state index in [9.17, 15) is 5.11 Å². The average Bonchev–Trinajstić information content (AvgIpc) is 3.39. The Morgan fingerprint density at radius 1 is 1.20 bits per heavy atom. The molecule has 1 spiro atoms. The molecule has 0 bridgehead atoms. The molecule has 6 rings (SSSR count). The summed E-state index contributed by atoms with van der Waals surface area (Å²) < 4.78 is 6.19. The lowest BCUT2D eigenvalue weighted by molar-refractivity contribution is 0.185. The number of fused-ring (bicyclic) bond motifs is 3. The molecule has 3 aliphatic heterocycles. The van der Waals surface area contributed by atoms with E-state index in [1.807, 2.05) is 18.5 Å². The quantitative estimate of drug-likeness (QED) is 0.659. The second-order valence-corrected chi connectivity index (χ2v) is 12.1. The SMILES string of the molecule is C[C@H]1CC2COc3c(Sc4cnc(N5CCC6(CC[C@@H](C)[C@H]6N)CC5)c(CO)n4)ccnc3N2C1. The highest BCUT2D eigenvalue weighted by atomic mass is 32.2. The summed E-state index contributed by atoms with van der Waals surface area (Å²) in [6, 6.07) is 2.68. The van der Waals surface area contributed by atoms with Crippen LogP contribution in [0.3, 0.4) is 0 Å². The largest absolute Gasteiger partial charge is 0.486 e. The molecule has 4 aliphatic rings. The highest BCUT2D eigenvalue weighted by Crippen LogP contribution is 2.49. The topological polar surface area (TPSA) is 101 Å². The minimum absolute atomic E-state index is 0.132. The van der Waals surface area contributed by atoms with Crippen LogP contribution in [0.25, 0.3) is 0 Å². The Kier molecular flexibility index (Phi) is 6.05. The van der Waals surface area contributed by atoms with Crippen molar-refractivity contribution < 1.29 is 9.84 Å². The predicted octanol–water partition coefficient (Wildman–Crippen LogP) is 3.47. The average molecular weight is 497 g/mol. The van der Waals surface area contributed by atoms with Crippen LogP contribution in [0.15, 0.2) is 28.4 Å². The van der Waals surface area contributed by atoms with Gasteiger partial charge in [0, 0.05) is 31.9 Å². The summed E-state index contributed by atoms with van der Waals surface area (Å²) in [4.78, 5) is 19.9. The van der Waals surface area contributed by atoms with Crippen LogP contribution >= 0.6 is 11.8 Å². The molecular weight excluding hydrogens is 460 g/mol. The number of aliphatic hydroxyl groups excluding tert-OH is 1. The van der Waals surface area contributed by atoms with Crippen molar-refractivity contribution in [3.8, 4) is 5.75 Å². The molecule has 35 heavy (non-hydrogen) atoms. The molecule has 1 aliphatic carbocycles. The monoisotopic (exact) mass is 496 g/mol. The van der Waals surface area contributed by atoms with Crippen LogP contribution in [0.1, 0.15) is 51.6 Å². The number of pyridine rings is 1. The first-order valence-electron chi connectivity index (χ1n) is 13.0. The standard InChI is InChI=1S/C26H36N6O2S/c1-16-11-18-15-34-22-20(4-8-28-25(22)32(18)13-16)35-21-12-29-24(19(14-33)30-21)31-9-6-26(7-10-31)5-3-17(2)23(26)27/h4,8,12,16-18,23,33H,3,5-7,9-11,13-15,27H2,1-2H3/t16-,17+,18?,23+/m0/s1. The van der Waals surface area contributed by atoms with E-state index in [2.05, 4.69) is 28.6 Å². The van der Waals surface area contributed by atoms with E-state index in [4.69, 9.17) is 20.4 Å². The molecule has 3 N–H and O–H groups in total. The van der Waals surface area contributed by atoms with Crippen LogP contribution in [0.4, 0.5) is 11.6 Å². The molecular formula is C26H36N6O2S. The summed E-state index contributed by atoms with van der Waals surface area (Å²) in [6.07, 6.45) is 9.44. The molecule has 3 fully saturated rings. The number of aliphatic hydroxyl groups is 1. The van der Waals surface area contributed by atoms with Crippen LogP contribution in [-0.2, 0) is 6.61 Å². The van der Waals surface area contributed by atoms with Gasteiger partial charge in [-0.1, -0.05) is 25.6 Å². The lowest BCUT2D eigenvalue weighted by Crippen LogP contribution is -2.48.